The van der Waals surface area contributed by atoms with Gasteiger partial charge in [-0.15, -0.1) is 0 Å². The number of allylic oxidation sites excluding steroid dienone is 2. The molecule has 1 saturated heterocycles. The Morgan fingerprint density at radius 2 is 1.95 bits per heavy atom. The van der Waals surface area contributed by atoms with Crippen molar-refractivity contribution in [1.29, 1.82) is 0 Å². The molecule has 0 aliphatic carbocycles. The Labute approximate surface area is 119 Å². The van der Waals surface area contributed by atoms with Crippen molar-refractivity contribution in [2.75, 3.05) is 45.8 Å². The molecule has 0 aromatic carbocycles. The quantitative estimate of drug-likeness (QED) is 0.496. The fraction of sp³-hybridized carbons (Fsp3) is 0.875. The summed E-state index contributed by atoms with van der Waals surface area (Å²) in [5.74, 6) is 0.835. The van der Waals surface area contributed by atoms with Gasteiger partial charge in [0.25, 0.3) is 0 Å². The van der Waals surface area contributed by atoms with Crippen LogP contribution in [0.4, 0.5) is 0 Å². The van der Waals surface area contributed by atoms with E-state index in [0.29, 0.717) is 0 Å². The van der Waals surface area contributed by atoms with Crippen LogP contribution in [0.15, 0.2) is 11.6 Å². The van der Waals surface area contributed by atoms with Gasteiger partial charge in [-0.3, -0.25) is 4.90 Å². The minimum Gasteiger partial charge on any atom is -0.315 e. The van der Waals surface area contributed by atoms with E-state index in [1.807, 2.05) is 0 Å². The van der Waals surface area contributed by atoms with E-state index in [4.69, 9.17) is 0 Å². The van der Waals surface area contributed by atoms with E-state index in [-0.39, 0.29) is 0 Å². The zero-order chi connectivity index (χ0) is 13.9. The molecule has 0 bridgehead atoms. The van der Waals surface area contributed by atoms with Crippen LogP contribution < -0.4 is 10.6 Å². The summed E-state index contributed by atoms with van der Waals surface area (Å²) >= 11 is 0. The van der Waals surface area contributed by atoms with Gasteiger partial charge in [0.1, 0.15) is 0 Å². The molecule has 0 unspecified atom stereocenters. The maximum absolute atomic E-state index is 3.59. The number of hydrogen-bond donors (Lipinski definition) is 2. The van der Waals surface area contributed by atoms with Crippen LogP contribution >= 0.6 is 0 Å². The molecule has 1 aliphatic rings. The molecule has 0 aromatic rings. The van der Waals surface area contributed by atoms with Gasteiger partial charge in [0, 0.05) is 39.3 Å². The highest BCUT2D eigenvalue weighted by molar-refractivity contribution is 4.92. The Morgan fingerprint density at radius 1 is 1.21 bits per heavy atom. The minimum atomic E-state index is 0.835. The van der Waals surface area contributed by atoms with Crippen molar-refractivity contribution >= 4 is 0 Å². The average Bonchev–Trinajstić information content (AvgIpc) is 2.39. The molecule has 19 heavy (non-hydrogen) atoms. The number of nitrogens with one attached hydrogen (secondary N) is 2. The van der Waals surface area contributed by atoms with Crippen LogP contribution in [0.3, 0.4) is 0 Å². The number of piperazine rings is 1. The van der Waals surface area contributed by atoms with Gasteiger partial charge < -0.3 is 10.6 Å². The normalized spacial score (nSPS) is 18.3. The third kappa shape index (κ3) is 9.20. The predicted octanol–water partition coefficient (Wildman–Crippen LogP) is 2.25. The molecule has 3 nitrogen and oxygen atoms in total. The second kappa shape index (κ2) is 10.4. The molecule has 0 aromatic heterocycles. The molecular formula is C16H33N3. The van der Waals surface area contributed by atoms with Crippen molar-refractivity contribution in [3.63, 3.8) is 0 Å². The Balaban J connectivity index is 1.90. The first-order valence-electron chi connectivity index (χ1n) is 7.95. The van der Waals surface area contributed by atoms with E-state index >= 15 is 0 Å². The lowest BCUT2D eigenvalue weighted by molar-refractivity contribution is 0.240. The van der Waals surface area contributed by atoms with Crippen LogP contribution in [-0.4, -0.2) is 50.7 Å². The molecule has 3 heteroatoms. The highest BCUT2D eigenvalue weighted by atomic mass is 15.2. The monoisotopic (exact) mass is 267 g/mol. The van der Waals surface area contributed by atoms with Crippen molar-refractivity contribution in [3.05, 3.63) is 11.6 Å². The molecule has 0 spiro atoms. The molecule has 0 amide bonds. The molecule has 1 rings (SSSR count). The highest BCUT2D eigenvalue weighted by Crippen LogP contribution is 2.10. The first kappa shape index (κ1) is 16.7. The number of hydrogen-bond acceptors (Lipinski definition) is 3. The van der Waals surface area contributed by atoms with Crippen LogP contribution in [0.1, 0.15) is 40.0 Å². The summed E-state index contributed by atoms with van der Waals surface area (Å²) in [6, 6.07) is 0. The molecule has 2 N–H and O–H groups in total. The van der Waals surface area contributed by atoms with Gasteiger partial charge in [-0.2, -0.15) is 0 Å². The van der Waals surface area contributed by atoms with E-state index in [1.54, 1.807) is 0 Å². The molecule has 1 fully saturated rings. The number of nitrogens with zero attached hydrogens (tertiary/aromatic N) is 1. The summed E-state index contributed by atoms with van der Waals surface area (Å²) in [6.45, 7) is 15.0. The third-order valence-corrected chi connectivity index (χ3v) is 3.84. The van der Waals surface area contributed by atoms with Crippen LogP contribution in [0.5, 0.6) is 0 Å². The maximum Gasteiger partial charge on any atom is 0.0108 e. The summed E-state index contributed by atoms with van der Waals surface area (Å²) in [7, 11) is 0. The summed E-state index contributed by atoms with van der Waals surface area (Å²) in [4.78, 5) is 2.54. The van der Waals surface area contributed by atoms with Gasteiger partial charge in [-0.25, -0.2) is 0 Å². The highest BCUT2D eigenvalue weighted by Gasteiger charge is 2.08. The van der Waals surface area contributed by atoms with Gasteiger partial charge in [-0.05, 0) is 45.6 Å². The number of rotatable bonds is 9. The molecule has 1 heterocycles. The van der Waals surface area contributed by atoms with Crippen molar-refractivity contribution < 1.29 is 0 Å². The van der Waals surface area contributed by atoms with Crippen LogP contribution in [0.2, 0.25) is 0 Å². The maximum atomic E-state index is 3.59. The smallest absolute Gasteiger partial charge is 0.0108 e. The van der Waals surface area contributed by atoms with Crippen molar-refractivity contribution in [2.24, 2.45) is 5.92 Å². The minimum absolute atomic E-state index is 0.835. The van der Waals surface area contributed by atoms with E-state index in [9.17, 15) is 0 Å². The van der Waals surface area contributed by atoms with Gasteiger partial charge in [0.05, 0.1) is 0 Å². The summed E-state index contributed by atoms with van der Waals surface area (Å²) in [5.41, 5.74) is 1.45. The Morgan fingerprint density at radius 3 is 2.63 bits per heavy atom. The van der Waals surface area contributed by atoms with E-state index in [0.717, 1.165) is 25.6 Å². The van der Waals surface area contributed by atoms with E-state index in [2.05, 4.69) is 42.4 Å². The van der Waals surface area contributed by atoms with Crippen molar-refractivity contribution in [2.45, 2.75) is 40.0 Å². The van der Waals surface area contributed by atoms with Gasteiger partial charge in [0.15, 0.2) is 0 Å². The SMILES string of the molecule is CC(C)=CCC[C@@H](C)CCNCCN1CCNCC1. The molecule has 0 saturated carbocycles. The zero-order valence-electron chi connectivity index (χ0n) is 13.2. The standard InChI is InChI=1S/C16H33N3/c1-15(2)5-4-6-16(3)7-8-17-9-12-19-13-10-18-11-14-19/h5,16-18H,4,6-14H2,1-3H3/t16-/m1/s1. The second-order valence-corrected chi connectivity index (χ2v) is 6.09. The second-order valence-electron chi connectivity index (χ2n) is 6.09. The largest absolute Gasteiger partial charge is 0.315 e. The summed E-state index contributed by atoms with van der Waals surface area (Å²) in [6.07, 6.45) is 6.22. The van der Waals surface area contributed by atoms with Gasteiger partial charge >= 0.3 is 0 Å². The molecule has 1 atom stereocenters. The predicted molar refractivity (Wildman–Crippen MR) is 84.6 cm³/mol. The van der Waals surface area contributed by atoms with Crippen molar-refractivity contribution in [1.82, 2.24) is 15.5 Å². The average molecular weight is 267 g/mol. The topological polar surface area (TPSA) is 27.3 Å². The van der Waals surface area contributed by atoms with E-state index in [1.165, 1.54) is 51.0 Å². The summed E-state index contributed by atoms with van der Waals surface area (Å²) < 4.78 is 0. The van der Waals surface area contributed by atoms with Gasteiger partial charge in [-0.1, -0.05) is 18.6 Å². The molecular weight excluding hydrogens is 234 g/mol. The lowest BCUT2D eigenvalue weighted by Gasteiger charge is -2.27. The third-order valence-electron chi connectivity index (χ3n) is 3.84. The Kier molecular flexibility index (Phi) is 9.14. The molecule has 0 radical (unpaired) electrons. The van der Waals surface area contributed by atoms with Crippen molar-refractivity contribution in [3.8, 4) is 0 Å². The fourth-order valence-corrected chi connectivity index (χ4v) is 2.45. The van der Waals surface area contributed by atoms with Crippen LogP contribution in [-0.2, 0) is 0 Å². The lowest BCUT2D eigenvalue weighted by atomic mass is 10.0. The first-order valence-corrected chi connectivity index (χ1v) is 7.95. The van der Waals surface area contributed by atoms with Gasteiger partial charge in [0.2, 0.25) is 0 Å². The Bertz CT molecular complexity index is 240. The molecule has 1 aliphatic heterocycles. The van der Waals surface area contributed by atoms with E-state index < -0.39 is 0 Å². The summed E-state index contributed by atoms with van der Waals surface area (Å²) in [5, 5.41) is 6.98. The first-order chi connectivity index (χ1) is 9.18. The Hall–Kier alpha value is -0.380. The fourth-order valence-electron chi connectivity index (χ4n) is 2.45. The zero-order valence-corrected chi connectivity index (χ0v) is 13.2. The molecule has 112 valence electrons. The van der Waals surface area contributed by atoms with Crippen LogP contribution in [0.25, 0.3) is 0 Å². The lowest BCUT2D eigenvalue weighted by Crippen LogP contribution is -2.45. The van der Waals surface area contributed by atoms with Crippen LogP contribution in [0, 0.1) is 5.92 Å².